The van der Waals surface area contributed by atoms with Gasteiger partial charge in [-0.05, 0) is 56.4 Å². The fourth-order valence-corrected chi connectivity index (χ4v) is 5.79. The van der Waals surface area contributed by atoms with Gasteiger partial charge in [-0.3, -0.25) is 0 Å². The summed E-state index contributed by atoms with van der Waals surface area (Å²) in [4.78, 5) is 18.7. The molecule has 10 heteroatoms. The Labute approximate surface area is 232 Å². The fourth-order valence-electron chi connectivity index (χ4n) is 5.32. The summed E-state index contributed by atoms with van der Waals surface area (Å²) in [5, 5.41) is 6.99. The number of hydrogen-bond donors (Lipinski definition) is 1. The molecule has 2 aromatic carbocycles. The molecular weight excluding hydrogens is 519 g/mol. The van der Waals surface area contributed by atoms with Crippen molar-refractivity contribution >= 4 is 58.2 Å². The third kappa shape index (κ3) is 5.02. The number of benzene rings is 2. The van der Waals surface area contributed by atoms with Crippen LogP contribution in [0.1, 0.15) is 42.5 Å². The Kier molecular flexibility index (Phi) is 7.08. The molecule has 0 bridgehead atoms. The lowest BCUT2D eigenvalue weighted by Crippen LogP contribution is -2.25. The van der Waals surface area contributed by atoms with E-state index in [0.29, 0.717) is 22.5 Å². The highest BCUT2D eigenvalue weighted by Crippen LogP contribution is 2.29. The van der Waals surface area contributed by atoms with Crippen LogP contribution in [0.5, 0.6) is 0 Å². The number of hydrogen-bond acceptors (Lipinski definition) is 7. The molecule has 2 fully saturated rings. The van der Waals surface area contributed by atoms with E-state index in [0.717, 1.165) is 91.5 Å². The van der Waals surface area contributed by atoms with Crippen LogP contribution in [0.4, 0.5) is 17.8 Å². The maximum absolute atomic E-state index is 6.50. The first kappa shape index (κ1) is 24.9. The zero-order valence-electron chi connectivity index (χ0n) is 21.4. The van der Waals surface area contributed by atoms with Gasteiger partial charge in [0.05, 0.1) is 6.21 Å². The van der Waals surface area contributed by atoms with Crippen LogP contribution in [0.15, 0.2) is 47.6 Å². The molecule has 2 aromatic heterocycles. The molecule has 2 saturated heterocycles. The van der Waals surface area contributed by atoms with Gasteiger partial charge in [0, 0.05) is 64.9 Å². The standard InChI is InChI=1S/C28H30Cl2N8/c1-19-23(22-8-2-3-9-25(22)38(19)18-20-10-11-21(29)16-24(20)30)17-31-35-26-32-27(36-12-4-5-13-36)34-28(33-26)37-14-6-7-15-37/h2-3,8-11,16-17H,4-7,12-15,18H2,1H3,(H,32,33,34,35). The summed E-state index contributed by atoms with van der Waals surface area (Å²) in [5.74, 6) is 1.92. The van der Waals surface area contributed by atoms with E-state index in [4.69, 9.17) is 38.2 Å². The van der Waals surface area contributed by atoms with Gasteiger partial charge in [0.15, 0.2) is 0 Å². The van der Waals surface area contributed by atoms with Crippen molar-refractivity contribution in [3.05, 3.63) is 69.3 Å². The number of aromatic nitrogens is 4. The molecule has 4 aromatic rings. The molecule has 0 radical (unpaired) electrons. The van der Waals surface area contributed by atoms with Gasteiger partial charge < -0.3 is 14.4 Å². The molecule has 0 aliphatic carbocycles. The second-order valence-electron chi connectivity index (χ2n) is 9.86. The van der Waals surface area contributed by atoms with Gasteiger partial charge in [-0.25, -0.2) is 5.43 Å². The molecule has 8 nitrogen and oxygen atoms in total. The number of nitrogens with zero attached hydrogens (tertiary/aromatic N) is 7. The molecule has 0 unspecified atom stereocenters. The molecule has 0 spiro atoms. The van der Waals surface area contributed by atoms with Crippen molar-refractivity contribution in [3.8, 4) is 0 Å². The summed E-state index contributed by atoms with van der Waals surface area (Å²) in [7, 11) is 0. The molecule has 38 heavy (non-hydrogen) atoms. The number of nitrogens with one attached hydrogen (secondary N) is 1. The zero-order chi connectivity index (χ0) is 26.1. The molecule has 1 N–H and O–H groups in total. The maximum atomic E-state index is 6.50. The molecular formula is C28H30Cl2N8. The summed E-state index contributed by atoms with van der Waals surface area (Å²) in [5.41, 5.74) is 7.35. The molecule has 0 saturated carbocycles. The Morgan fingerprint density at radius 3 is 2.21 bits per heavy atom. The Balaban J connectivity index is 1.30. The van der Waals surface area contributed by atoms with E-state index < -0.39 is 0 Å². The predicted molar refractivity (Wildman–Crippen MR) is 156 cm³/mol. The fraction of sp³-hybridized carbons (Fsp3) is 0.357. The van der Waals surface area contributed by atoms with E-state index >= 15 is 0 Å². The van der Waals surface area contributed by atoms with Gasteiger partial charge in [0.25, 0.3) is 0 Å². The van der Waals surface area contributed by atoms with Gasteiger partial charge in [0.1, 0.15) is 0 Å². The highest BCUT2D eigenvalue weighted by Gasteiger charge is 2.21. The monoisotopic (exact) mass is 548 g/mol. The van der Waals surface area contributed by atoms with Crippen molar-refractivity contribution in [1.82, 2.24) is 19.5 Å². The summed E-state index contributed by atoms with van der Waals surface area (Å²) < 4.78 is 2.26. The van der Waals surface area contributed by atoms with Crippen LogP contribution in [0.2, 0.25) is 10.0 Å². The van der Waals surface area contributed by atoms with Crippen LogP contribution < -0.4 is 15.2 Å². The largest absolute Gasteiger partial charge is 0.341 e. The van der Waals surface area contributed by atoms with Crippen molar-refractivity contribution in [3.63, 3.8) is 0 Å². The van der Waals surface area contributed by atoms with Crippen LogP contribution >= 0.6 is 23.2 Å². The van der Waals surface area contributed by atoms with Crippen LogP contribution in [-0.4, -0.2) is 51.9 Å². The Bertz CT molecular complexity index is 1450. The summed E-state index contributed by atoms with van der Waals surface area (Å²) in [6.07, 6.45) is 6.51. The average molecular weight is 550 g/mol. The van der Waals surface area contributed by atoms with Gasteiger partial charge in [-0.2, -0.15) is 20.1 Å². The lowest BCUT2D eigenvalue weighted by molar-refractivity contribution is 0.804. The molecule has 4 heterocycles. The van der Waals surface area contributed by atoms with Crippen LogP contribution in [-0.2, 0) is 6.54 Å². The third-order valence-electron chi connectivity index (χ3n) is 7.37. The van der Waals surface area contributed by atoms with Crippen LogP contribution in [0.3, 0.4) is 0 Å². The minimum atomic E-state index is 0.467. The number of para-hydroxylation sites is 1. The van der Waals surface area contributed by atoms with E-state index in [2.05, 4.69) is 44.0 Å². The van der Waals surface area contributed by atoms with Crippen molar-refractivity contribution in [2.24, 2.45) is 5.10 Å². The van der Waals surface area contributed by atoms with E-state index in [1.54, 1.807) is 6.07 Å². The van der Waals surface area contributed by atoms with E-state index in [1.165, 1.54) is 0 Å². The van der Waals surface area contributed by atoms with Crippen LogP contribution in [0, 0.1) is 6.92 Å². The first-order valence-corrected chi connectivity index (χ1v) is 13.9. The molecule has 196 valence electrons. The van der Waals surface area contributed by atoms with E-state index in [1.807, 2.05) is 30.5 Å². The second kappa shape index (κ2) is 10.8. The van der Waals surface area contributed by atoms with Crippen molar-refractivity contribution in [1.29, 1.82) is 0 Å². The molecule has 0 amide bonds. The first-order valence-electron chi connectivity index (χ1n) is 13.1. The van der Waals surface area contributed by atoms with E-state index in [-0.39, 0.29) is 0 Å². The number of rotatable bonds is 7. The summed E-state index contributed by atoms with van der Waals surface area (Å²) in [6.45, 7) is 6.64. The number of anilines is 3. The normalized spacial score (nSPS) is 15.9. The first-order chi connectivity index (χ1) is 18.6. The van der Waals surface area contributed by atoms with Gasteiger partial charge in [-0.15, -0.1) is 0 Å². The van der Waals surface area contributed by atoms with E-state index in [9.17, 15) is 0 Å². The van der Waals surface area contributed by atoms with Gasteiger partial charge >= 0.3 is 0 Å². The smallest absolute Gasteiger partial charge is 0.250 e. The third-order valence-corrected chi connectivity index (χ3v) is 7.96. The molecule has 2 aliphatic rings. The Morgan fingerprint density at radius 2 is 1.55 bits per heavy atom. The summed E-state index contributed by atoms with van der Waals surface area (Å²) in [6, 6.07) is 14.0. The number of hydrazone groups is 1. The van der Waals surface area contributed by atoms with Crippen molar-refractivity contribution in [2.45, 2.75) is 39.2 Å². The Morgan fingerprint density at radius 1 is 0.895 bits per heavy atom. The minimum Gasteiger partial charge on any atom is -0.341 e. The predicted octanol–water partition coefficient (Wildman–Crippen LogP) is 6.14. The lowest BCUT2D eigenvalue weighted by atomic mass is 10.1. The van der Waals surface area contributed by atoms with Crippen molar-refractivity contribution < 1.29 is 0 Å². The number of fused-ring (bicyclic) bond motifs is 1. The second-order valence-corrected chi connectivity index (χ2v) is 10.7. The molecule has 2 aliphatic heterocycles. The SMILES string of the molecule is Cc1c(C=NNc2nc(N3CCCC3)nc(N3CCCC3)n2)c2ccccc2n1Cc1ccc(Cl)cc1Cl. The lowest BCUT2D eigenvalue weighted by Gasteiger charge is -2.20. The van der Waals surface area contributed by atoms with Crippen LogP contribution in [0.25, 0.3) is 10.9 Å². The minimum absolute atomic E-state index is 0.467. The highest BCUT2D eigenvalue weighted by molar-refractivity contribution is 6.35. The molecule has 6 rings (SSSR count). The van der Waals surface area contributed by atoms with Crippen molar-refractivity contribution in [2.75, 3.05) is 41.4 Å². The maximum Gasteiger partial charge on any atom is 0.250 e. The van der Waals surface area contributed by atoms with Gasteiger partial charge in [-0.1, -0.05) is 47.5 Å². The summed E-state index contributed by atoms with van der Waals surface area (Å²) >= 11 is 12.6. The Hall–Kier alpha value is -3.36. The topological polar surface area (TPSA) is 74.5 Å². The molecule has 0 atom stereocenters. The quantitative estimate of drug-likeness (QED) is 0.221. The zero-order valence-corrected chi connectivity index (χ0v) is 22.9. The average Bonchev–Trinajstić information content (AvgIpc) is 3.69. The van der Waals surface area contributed by atoms with Gasteiger partial charge in [0.2, 0.25) is 17.8 Å². The highest BCUT2D eigenvalue weighted by atomic mass is 35.5. The number of halogens is 2.